The Morgan fingerprint density at radius 1 is 0.903 bits per heavy atom. The molecule has 3 fully saturated rings. The number of hydrogen-bond acceptors (Lipinski definition) is 3. The Kier molecular flexibility index (Phi) is 5.84. The second-order valence-electron chi connectivity index (χ2n) is 8.56. The van der Waals surface area contributed by atoms with Gasteiger partial charge < -0.3 is 15.1 Å². The van der Waals surface area contributed by atoms with Gasteiger partial charge in [0, 0.05) is 57.5 Å². The topological polar surface area (TPSA) is 38.8 Å². The van der Waals surface area contributed by atoms with Crippen LogP contribution in [0.2, 0.25) is 0 Å². The van der Waals surface area contributed by atoms with E-state index in [1.807, 2.05) is 0 Å². The molecule has 0 atom stereocenters. The van der Waals surface area contributed by atoms with Crippen molar-refractivity contribution in [1.29, 1.82) is 0 Å². The summed E-state index contributed by atoms with van der Waals surface area (Å²) in [4.78, 5) is 18.5. The molecule has 0 radical (unpaired) electrons. The van der Waals surface area contributed by atoms with Crippen LogP contribution in [0, 0.1) is 5.92 Å². The lowest BCUT2D eigenvalue weighted by atomic mass is 10.1. The van der Waals surface area contributed by atoms with Gasteiger partial charge in [0.15, 0.2) is 0 Å². The number of halogens is 6. The van der Waals surface area contributed by atoms with Gasteiger partial charge in [0.1, 0.15) is 0 Å². The van der Waals surface area contributed by atoms with Crippen molar-refractivity contribution in [3.8, 4) is 0 Å². The summed E-state index contributed by atoms with van der Waals surface area (Å²) in [6, 6.07) is 0.544. The van der Waals surface area contributed by atoms with E-state index in [0.29, 0.717) is 25.2 Å². The van der Waals surface area contributed by atoms with Crippen LogP contribution >= 0.6 is 0 Å². The summed E-state index contributed by atoms with van der Waals surface area (Å²) in [6.07, 6.45) is -7.29. The molecule has 31 heavy (non-hydrogen) atoms. The van der Waals surface area contributed by atoms with Crippen LogP contribution < -0.4 is 5.32 Å². The van der Waals surface area contributed by atoms with E-state index in [1.165, 1.54) is 17.7 Å². The first kappa shape index (κ1) is 22.2. The zero-order valence-electron chi connectivity index (χ0n) is 16.8. The maximum atomic E-state index is 13.0. The fourth-order valence-corrected chi connectivity index (χ4v) is 4.06. The van der Waals surface area contributed by atoms with Crippen molar-refractivity contribution in [2.45, 2.75) is 31.2 Å². The summed E-state index contributed by atoms with van der Waals surface area (Å²) >= 11 is 0. The van der Waals surface area contributed by atoms with Gasteiger partial charge in [-0.1, -0.05) is 0 Å². The zero-order chi connectivity index (χ0) is 22.4. The number of urea groups is 1. The van der Waals surface area contributed by atoms with Crippen molar-refractivity contribution in [3.63, 3.8) is 0 Å². The monoisotopic (exact) mass is 450 g/mol. The van der Waals surface area contributed by atoms with Gasteiger partial charge in [0.05, 0.1) is 11.1 Å². The number of anilines is 1. The van der Waals surface area contributed by atoms with Crippen molar-refractivity contribution in [3.05, 3.63) is 29.3 Å². The highest BCUT2D eigenvalue weighted by molar-refractivity contribution is 5.90. The first-order valence-corrected chi connectivity index (χ1v) is 10.3. The van der Waals surface area contributed by atoms with Crippen LogP contribution in [0.5, 0.6) is 0 Å². The Morgan fingerprint density at radius 2 is 1.45 bits per heavy atom. The highest BCUT2D eigenvalue weighted by Crippen LogP contribution is 2.37. The van der Waals surface area contributed by atoms with Gasteiger partial charge >= 0.3 is 18.4 Å². The number of piperazine rings is 1. The van der Waals surface area contributed by atoms with Crippen molar-refractivity contribution in [2.24, 2.45) is 5.92 Å². The van der Waals surface area contributed by atoms with Crippen molar-refractivity contribution < 1.29 is 31.1 Å². The number of alkyl halides is 6. The molecular weight excluding hydrogens is 426 g/mol. The van der Waals surface area contributed by atoms with E-state index in [2.05, 4.69) is 15.1 Å². The van der Waals surface area contributed by atoms with Crippen LogP contribution in [0.25, 0.3) is 0 Å². The Labute approximate surface area is 176 Å². The number of hydrogen-bond donors (Lipinski definition) is 1. The molecule has 172 valence electrons. The summed E-state index contributed by atoms with van der Waals surface area (Å²) in [5.41, 5.74) is -3.43. The average Bonchev–Trinajstić information content (AvgIpc) is 3.44. The average molecular weight is 450 g/mol. The van der Waals surface area contributed by atoms with Gasteiger partial charge in [-0.15, -0.1) is 0 Å². The van der Waals surface area contributed by atoms with Crippen molar-refractivity contribution in [1.82, 2.24) is 14.7 Å². The third-order valence-corrected chi connectivity index (χ3v) is 6.13. The molecule has 5 nitrogen and oxygen atoms in total. The van der Waals surface area contributed by atoms with E-state index in [9.17, 15) is 31.1 Å². The van der Waals surface area contributed by atoms with E-state index in [1.54, 1.807) is 0 Å². The number of rotatable bonds is 4. The van der Waals surface area contributed by atoms with Crippen LogP contribution in [0.4, 0.5) is 36.8 Å². The molecule has 2 heterocycles. The second kappa shape index (κ2) is 8.16. The molecule has 2 saturated heterocycles. The third-order valence-electron chi connectivity index (χ3n) is 6.13. The molecule has 4 rings (SSSR count). The minimum Gasteiger partial charge on any atom is -0.321 e. The summed E-state index contributed by atoms with van der Waals surface area (Å²) in [5.74, 6) is 0.836. The number of nitrogens with one attached hydrogen (secondary N) is 1. The van der Waals surface area contributed by atoms with E-state index in [4.69, 9.17) is 0 Å². The fraction of sp³-hybridized carbons (Fsp3) is 0.650. The smallest absolute Gasteiger partial charge is 0.321 e. The molecule has 1 aromatic rings. The number of benzene rings is 1. The quantitative estimate of drug-likeness (QED) is 0.706. The third kappa shape index (κ3) is 5.43. The highest BCUT2D eigenvalue weighted by Gasteiger charge is 2.39. The Balaban J connectivity index is 1.31. The first-order valence-electron chi connectivity index (χ1n) is 10.3. The molecule has 1 saturated carbocycles. The number of carbonyl (C=O) groups excluding carboxylic acids is 1. The molecule has 11 heteroatoms. The summed E-state index contributed by atoms with van der Waals surface area (Å²) in [5, 5.41) is 2.19. The van der Waals surface area contributed by atoms with Crippen LogP contribution in [0.1, 0.15) is 24.0 Å². The Bertz CT molecular complexity index is 777. The fourth-order valence-electron chi connectivity index (χ4n) is 4.06. The van der Waals surface area contributed by atoms with Gasteiger partial charge in [-0.2, -0.15) is 26.3 Å². The molecule has 0 unspecified atom stereocenters. The Morgan fingerprint density at radius 3 is 1.94 bits per heavy atom. The van der Waals surface area contributed by atoms with E-state index >= 15 is 0 Å². The van der Waals surface area contributed by atoms with Gasteiger partial charge in [0.2, 0.25) is 0 Å². The molecular formula is C20H24F6N4O. The highest BCUT2D eigenvalue weighted by atomic mass is 19.4. The maximum Gasteiger partial charge on any atom is 0.416 e. The molecule has 2 amide bonds. The molecule has 1 aliphatic carbocycles. The normalized spacial score (nSPS) is 21.8. The largest absolute Gasteiger partial charge is 0.416 e. The van der Waals surface area contributed by atoms with Crippen molar-refractivity contribution in [2.75, 3.05) is 51.1 Å². The number of carbonyl (C=O) groups is 1. The van der Waals surface area contributed by atoms with Gasteiger partial charge in [0.25, 0.3) is 0 Å². The molecule has 1 aromatic carbocycles. The first-order chi connectivity index (χ1) is 14.5. The SMILES string of the molecule is O=C(Nc1cc(C(F)(F)F)cc(C(F)(F)F)c1)N1CC(N2CCN(CC3CC3)CC2)C1. The lowest BCUT2D eigenvalue weighted by molar-refractivity contribution is -0.143. The lowest BCUT2D eigenvalue weighted by Crippen LogP contribution is -2.64. The number of likely N-dealkylation sites (tertiary alicyclic amines) is 1. The molecule has 0 aromatic heterocycles. The standard InChI is InChI=1S/C20H24F6N4O/c21-19(22,23)14-7-15(20(24,25)26)9-16(8-14)27-18(31)30-11-17(12-30)29-5-3-28(4-6-29)10-13-1-2-13/h7-9,13,17H,1-6,10-12H2,(H,27,31). The van der Waals surface area contributed by atoms with Crippen LogP contribution in [-0.2, 0) is 12.4 Å². The lowest BCUT2D eigenvalue weighted by Gasteiger charge is -2.48. The van der Waals surface area contributed by atoms with Gasteiger partial charge in [-0.05, 0) is 37.0 Å². The van der Waals surface area contributed by atoms with E-state index in [0.717, 1.165) is 38.6 Å². The van der Waals surface area contributed by atoms with Crippen LogP contribution in [0.15, 0.2) is 18.2 Å². The molecule has 2 aliphatic heterocycles. The molecule has 3 aliphatic rings. The van der Waals surface area contributed by atoms with Crippen LogP contribution in [0.3, 0.4) is 0 Å². The predicted octanol–water partition coefficient (Wildman–Crippen LogP) is 3.97. The zero-order valence-corrected chi connectivity index (χ0v) is 16.8. The summed E-state index contributed by atoms with van der Waals surface area (Å²) < 4.78 is 77.8. The Hall–Kier alpha value is -2.01. The molecule has 0 bridgehead atoms. The van der Waals surface area contributed by atoms with Crippen LogP contribution in [-0.4, -0.2) is 72.6 Å². The number of nitrogens with zero attached hydrogens (tertiary/aromatic N) is 3. The van der Waals surface area contributed by atoms with E-state index < -0.39 is 35.2 Å². The van der Waals surface area contributed by atoms with Gasteiger partial charge in [-0.25, -0.2) is 4.79 Å². The van der Waals surface area contributed by atoms with Gasteiger partial charge in [-0.3, -0.25) is 4.90 Å². The predicted molar refractivity (Wildman–Crippen MR) is 102 cm³/mol. The summed E-state index contributed by atoms with van der Waals surface area (Å²) in [7, 11) is 0. The van der Waals surface area contributed by atoms with E-state index in [-0.39, 0.29) is 12.1 Å². The summed E-state index contributed by atoms with van der Waals surface area (Å²) in [6.45, 7) is 5.70. The van der Waals surface area contributed by atoms with Crippen molar-refractivity contribution >= 4 is 11.7 Å². The molecule has 0 spiro atoms. The number of amides is 2. The second-order valence-corrected chi connectivity index (χ2v) is 8.56. The molecule has 1 N–H and O–H groups in total. The minimum atomic E-state index is -4.95. The minimum absolute atomic E-state index is 0.0399. The maximum absolute atomic E-state index is 13.0.